The minimum Gasteiger partial charge on any atom is -0.461 e. The Morgan fingerprint density at radius 3 is 2.28 bits per heavy atom. The second kappa shape index (κ2) is 7.83. The van der Waals surface area contributed by atoms with Crippen LogP contribution in [0, 0.1) is 0 Å². The van der Waals surface area contributed by atoms with Crippen LogP contribution in [0.2, 0.25) is 0 Å². The van der Waals surface area contributed by atoms with Crippen LogP contribution in [0.15, 0.2) is 59.7 Å². The number of ether oxygens (including phenoxy) is 1. The molecule has 0 atom stereocenters. The van der Waals surface area contributed by atoms with E-state index in [1.54, 1.807) is 37.3 Å². The van der Waals surface area contributed by atoms with Crippen LogP contribution in [-0.2, 0) is 15.7 Å². The molecule has 7 heteroatoms. The van der Waals surface area contributed by atoms with Gasteiger partial charge in [0.15, 0.2) is 0 Å². The molecule has 0 saturated heterocycles. The third-order valence-electron chi connectivity index (χ3n) is 3.26. The minimum atomic E-state index is -4.56. The van der Waals surface area contributed by atoms with E-state index in [0.717, 1.165) is 11.1 Å². The number of benzene rings is 2. The maximum Gasteiger partial charge on any atom is 0.418 e. The van der Waals surface area contributed by atoms with E-state index in [4.69, 9.17) is 4.74 Å². The molecule has 0 heterocycles. The molecule has 0 radical (unpaired) electrons. The average molecular weight is 350 g/mol. The predicted molar refractivity (Wildman–Crippen MR) is 89.8 cm³/mol. The highest BCUT2D eigenvalue weighted by atomic mass is 19.4. The van der Waals surface area contributed by atoms with E-state index in [9.17, 15) is 18.0 Å². The normalized spacial score (nSPS) is 12.0. The number of carbonyl (C=O) groups excluding carboxylic acids is 1. The molecule has 0 unspecified atom stereocenters. The smallest absolute Gasteiger partial charge is 0.418 e. The van der Waals surface area contributed by atoms with Gasteiger partial charge in [0.2, 0.25) is 0 Å². The number of hydrogen-bond donors (Lipinski definition) is 0. The lowest BCUT2D eigenvalue weighted by molar-refractivity contribution is -0.137. The summed E-state index contributed by atoms with van der Waals surface area (Å²) >= 11 is 0. The van der Waals surface area contributed by atoms with Gasteiger partial charge in [-0.3, -0.25) is 0 Å². The number of carbonyl (C=O) groups is 1. The molecule has 0 saturated carbocycles. The van der Waals surface area contributed by atoms with E-state index >= 15 is 0 Å². The van der Waals surface area contributed by atoms with Crippen molar-refractivity contribution in [1.29, 1.82) is 0 Å². The Morgan fingerprint density at radius 2 is 1.68 bits per heavy atom. The van der Waals surface area contributed by atoms with E-state index in [1.165, 1.54) is 25.1 Å². The molecule has 0 aliphatic carbocycles. The summed E-state index contributed by atoms with van der Waals surface area (Å²) < 4.78 is 45.0. The summed E-state index contributed by atoms with van der Waals surface area (Å²) in [6.07, 6.45) is -4.56. The quantitative estimate of drug-likeness (QED) is 0.443. The van der Waals surface area contributed by atoms with E-state index in [1.807, 2.05) is 0 Å². The Labute approximate surface area is 143 Å². The highest BCUT2D eigenvalue weighted by Crippen LogP contribution is 2.39. The number of alkyl halides is 3. The zero-order valence-electron chi connectivity index (χ0n) is 13.7. The maximum atomic E-state index is 13.4. The molecule has 2 aromatic rings. The molecule has 2 rings (SSSR count). The molecule has 0 aromatic heterocycles. The van der Waals surface area contributed by atoms with Gasteiger partial charge < -0.3 is 4.74 Å². The number of esters is 1. The third kappa shape index (κ3) is 4.59. The number of para-hydroxylation sites is 2. The molecule has 0 N–H and O–H groups in total. The van der Waals surface area contributed by atoms with Gasteiger partial charge in [-0.05, 0) is 38.1 Å². The largest absolute Gasteiger partial charge is 0.461 e. The van der Waals surface area contributed by atoms with Gasteiger partial charge in [0.05, 0.1) is 23.5 Å². The van der Waals surface area contributed by atoms with Crippen molar-refractivity contribution in [2.75, 3.05) is 11.6 Å². The first kappa shape index (κ1) is 18.5. The monoisotopic (exact) mass is 350 g/mol. The van der Waals surface area contributed by atoms with Crippen LogP contribution in [-0.4, -0.2) is 18.3 Å². The van der Waals surface area contributed by atoms with Crippen molar-refractivity contribution in [2.45, 2.75) is 20.0 Å². The Balaban J connectivity index is 2.59. The van der Waals surface area contributed by atoms with Gasteiger partial charge in [-0.2, -0.15) is 18.3 Å². The molecular weight excluding hydrogens is 333 g/mol. The molecule has 0 bridgehead atoms. The summed E-state index contributed by atoms with van der Waals surface area (Å²) in [5.41, 5.74) is -0.686. The Kier molecular flexibility index (Phi) is 5.80. The van der Waals surface area contributed by atoms with Crippen LogP contribution in [0.1, 0.15) is 19.4 Å². The maximum absolute atomic E-state index is 13.4. The highest BCUT2D eigenvalue weighted by Gasteiger charge is 2.35. The van der Waals surface area contributed by atoms with E-state index in [-0.39, 0.29) is 18.0 Å². The number of anilines is 2. The second-order valence-electron chi connectivity index (χ2n) is 5.07. The highest BCUT2D eigenvalue weighted by molar-refractivity contribution is 6.35. The number of hydrogen-bond acceptors (Lipinski definition) is 4. The van der Waals surface area contributed by atoms with Gasteiger partial charge in [0.25, 0.3) is 0 Å². The number of nitrogens with zero attached hydrogens (tertiary/aromatic N) is 2. The van der Waals surface area contributed by atoms with Gasteiger partial charge in [0.1, 0.15) is 5.71 Å². The molecule has 4 nitrogen and oxygen atoms in total. The summed E-state index contributed by atoms with van der Waals surface area (Å²) in [5, 5.41) is 5.18. The molecule has 25 heavy (non-hydrogen) atoms. The number of halogens is 3. The number of rotatable bonds is 5. The predicted octanol–water partition coefficient (Wildman–Crippen LogP) is 4.78. The lowest BCUT2D eigenvalue weighted by Crippen LogP contribution is -2.21. The molecule has 0 spiro atoms. The van der Waals surface area contributed by atoms with Gasteiger partial charge in [-0.15, -0.1) is 0 Å². The van der Waals surface area contributed by atoms with Crippen molar-refractivity contribution in [2.24, 2.45) is 5.10 Å². The molecule has 0 aliphatic rings. The lowest BCUT2D eigenvalue weighted by atomic mass is 10.1. The van der Waals surface area contributed by atoms with Gasteiger partial charge in [-0.1, -0.05) is 30.3 Å². The molecule has 0 amide bonds. The van der Waals surface area contributed by atoms with Crippen molar-refractivity contribution in [1.82, 2.24) is 0 Å². The topological polar surface area (TPSA) is 41.9 Å². The molecule has 2 aromatic carbocycles. The lowest BCUT2D eigenvalue weighted by Gasteiger charge is -2.23. The Bertz CT molecular complexity index is 758. The Hall–Kier alpha value is -2.83. The van der Waals surface area contributed by atoms with E-state index in [0.29, 0.717) is 5.69 Å². The van der Waals surface area contributed by atoms with E-state index < -0.39 is 17.7 Å². The molecule has 0 aliphatic heterocycles. The summed E-state index contributed by atoms with van der Waals surface area (Å²) in [6, 6.07) is 13.4. The average Bonchev–Trinajstić information content (AvgIpc) is 2.59. The molecule has 0 fully saturated rings. The fraction of sp³-hybridized carbons (Fsp3) is 0.222. The van der Waals surface area contributed by atoms with Crippen LogP contribution in [0.5, 0.6) is 0 Å². The molecular formula is C18H17F3N2O2. The van der Waals surface area contributed by atoms with Crippen LogP contribution in [0.4, 0.5) is 24.5 Å². The van der Waals surface area contributed by atoms with Crippen LogP contribution in [0.3, 0.4) is 0 Å². The van der Waals surface area contributed by atoms with Crippen LogP contribution >= 0.6 is 0 Å². The second-order valence-corrected chi connectivity index (χ2v) is 5.07. The summed E-state index contributed by atoms with van der Waals surface area (Å²) in [5.74, 6) is -0.687. The Morgan fingerprint density at radius 1 is 1.08 bits per heavy atom. The summed E-state index contributed by atoms with van der Waals surface area (Å²) in [7, 11) is 0. The van der Waals surface area contributed by atoms with E-state index in [2.05, 4.69) is 5.10 Å². The zero-order chi connectivity index (χ0) is 18.4. The number of hydrazone groups is 1. The van der Waals surface area contributed by atoms with Crippen molar-refractivity contribution in [3.05, 3.63) is 60.2 Å². The first-order valence-electron chi connectivity index (χ1n) is 7.58. The molecule has 132 valence electrons. The van der Waals surface area contributed by atoms with Crippen LogP contribution < -0.4 is 5.01 Å². The van der Waals surface area contributed by atoms with Crippen molar-refractivity contribution >= 4 is 23.1 Å². The SMILES string of the molecule is CCOC(=O)/C(C)=N/N(c1ccccc1)c1ccccc1C(F)(F)F. The van der Waals surface area contributed by atoms with Gasteiger partial charge in [-0.25, -0.2) is 9.80 Å². The van der Waals surface area contributed by atoms with Crippen molar-refractivity contribution < 1.29 is 22.7 Å². The first-order chi connectivity index (χ1) is 11.8. The first-order valence-corrected chi connectivity index (χ1v) is 7.58. The fourth-order valence-electron chi connectivity index (χ4n) is 2.14. The summed E-state index contributed by atoms with van der Waals surface area (Å²) in [4.78, 5) is 11.8. The standard InChI is InChI=1S/C18H17F3N2O2/c1-3-25-17(24)13(2)22-23(14-9-5-4-6-10-14)16-12-8-7-11-15(16)18(19,20)21/h4-12H,3H2,1-2H3/b22-13+. The van der Waals surface area contributed by atoms with Crippen LogP contribution in [0.25, 0.3) is 0 Å². The summed E-state index contributed by atoms with van der Waals surface area (Å²) in [6.45, 7) is 3.18. The third-order valence-corrected chi connectivity index (χ3v) is 3.26. The van der Waals surface area contributed by atoms with Crippen molar-refractivity contribution in [3.63, 3.8) is 0 Å². The van der Waals surface area contributed by atoms with Gasteiger partial charge in [0, 0.05) is 0 Å². The van der Waals surface area contributed by atoms with Gasteiger partial charge >= 0.3 is 12.1 Å². The minimum absolute atomic E-state index is 0.0531. The zero-order valence-corrected chi connectivity index (χ0v) is 13.7. The van der Waals surface area contributed by atoms with Crippen molar-refractivity contribution in [3.8, 4) is 0 Å². The fourth-order valence-corrected chi connectivity index (χ4v) is 2.14.